The molecule has 10 heteroatoms. The first-order valence-corrected chi connectivity index (χ1v) is 10.3. The topological polar surface area (TPSA) is 100 Å². The van der Waals surface area contributed by atoms with Crippen LogP contribution in [-0.4, -0.2) is 72.4 Å². The van der Waals surface area contributed by atoms with Crippen molar-refractivity contribution in [1.82, 2.24) is 4.90 Å². The number of hydrogen-bond donors (Lipinski definition) is 1. The summed E-state index contributed by atoms with van der Waals surface area (Å²) in [6, 6.07) is 4.80. The largest absolute Gasteiger partial charge is 0.486 e. The number of urea groups is 1. The number of fused-ring (bicyclic) bond motifs is 2. The molecule has 0 bridgehead atoms. The Labute approximate surface area is 177 Å². The van der Waals surface area contributed by atoms with Gasteiger partial charge in [0.1, 0.15) is 19.4 Å². The van der Waals surface area contributed by atoms with Crippen molar-refractivity contribution >= 4 is 47.3 Å². The van der Waals surface area contributed by atoms with Gasteiger partial charge in [0, 0.05) is 16.7 Å². The van der Waals surface area contributed by atoms with Gasteiger partial charge in [-0.3, -0.25) is 9.59 Å². The van der Waals surface area contributed by atoms with Crippen LogP contribution in [0.3, 0.4) is 0 Å². The molecule has 4 amide bonds. The van der Waals surface area contributed by atoms with Crippen LogP contribution in [0.15, 0.2) is 33.7 Å². The highest BCUT2D eigenvalue weighted by Gasteiger charge is 2.47. The number of amidine groups is 1. The van der Waals surface area contributed by atoms with Gasteiger partial charge in [-0.2, -0.15) is 9.48 Å². The Morgan fingerprint density at radius 1 is 1.30 bits per heavy atom. The first-order valence-electron chi connectivity index (χ1n) is 9.36. The zero-order chi connectivity index (χ0) is 21.4. The summed E-state index contributed by atoms with van der Waals surface area (Å²) in [4.78, 5) is 43.5. The Bertz CT molecular complexity index is 1050. The lowest BCUT2D eigenvalue weighted by molar-refractivity contribution is -0.407. The fourth-order valence-corrected chi connectivity index (χ4v) is 4.43. The number of dihydropyridines is 1. The van der Waals surface area contributed by atoms with Crippen molar-refractivity contribution in [3.05, 3.63) is 28.7 Å². The second-order valence-corrected chi connectivity index (χ2v) is 8.05. The lowest BCUT2D eigenvalue weighted by atomic mass is 9.99. The minimum atomic E-state index is -0.685. The van der Waals surface area contributed by atoms with Crippen LogP contribution in [-0.2, 0) is 9.59 Å². The number of nitrogens with zero attached hydrogens (tertiary/aromatic N) is 3. The molecule has 30 heavy (non-hydrogen) atoms. The van der Waals surface area contributed by atoms with Crippen LogP contribution in [0.4, 0.5) is 10.5 Å². The van der Waals surface area contributed by atoms with Crippen molar-refractivity contribution in [2.24, 2.45) is 10.9 Å². The quantitative estimate of drug-likeness (QED) is 0.732. The number of thioether (sulfide) groups is 1. The number of benzene rings is 1. The summed E-state index contributed by atoms with van der Waals surface area (Å²) in [5.74, 6) is 0.473. The SMILES string of the molecule is CC1=C(SCC(=O)Nc2ccc3c(c2)OCCO3)C2C(=O)N(C)C(=O)[N+](C)=C2N=C1. The molecular formula is C20H21N4O5S+. The van der Waals surface area contributed by atoms with Gasteiger partial charge in [-0.1, -0.05) is 0 Å². The van der Waals surface area contributed by atoms with Crippen molar-refractivity contribution in [2.75, 3.05) is 38.4 Å². The van der Waals surface area contributed by atoms with Gasteiger partial charge >= 0.3 is 11.9 Å². The highest BCUT2D eigenvalue weighted by Crippen LogP contribution is 2.35. The van der Waals surface area contributed by atoms with Crippen LogP contribution < -0.4 is 14.8 Å². The number of imide groups is 1. The van der Waals surface area contributed by atoms with Crippen LogP contribution in [0.1, 0.15) is 6.92 Å². The second-order valence-electron chi connectivity index (χ2n) is 7.03. The second kappa shape index (κ2) is 7.94. The minimum absolute atomic E-state index is 0.105. The minimum Gasteiger partial charge on any atom is -0.486 e. The number of allylic oxidation sites excluding steroid dienone is 1. The van der Waals surface area contributed by atoms with E-state index in [1.54, 1.807) is 31.5 Å². The van der Waals surface area contributed by atoms with Crippen molar-refractivity contribution in [3.8, 4) is 11.5 Å². The molecule has 3 heterocycles. The summed E-state index contributed by atoms with van der Waals surface area (Å²) in [6.45, 7) is 2.81. The van der Waals surface area contributed by atoms with Gasteiger partial charge in [0.25, 0.3) is 5.84 Å². The van der Waals surface area contributed by atoms with E-state index in [-0.39, 0.29) is 17.6 Å². The summed E-state index contributed by atoms with van der Waals surface area (Å²) in [5.41, 5.74) is 1.40. The van der Waals surface area contributed by atoms with Gasteiger partial charge in [0.2, 0.25) is 5.91 Å². The maximum absolute atomic E-state index is 12.8. The molecule has 0 fully saturated rings. The monoisotopic (exact) mass is 429 g/mol. The fourth-order valence-electron chi connectivity index (χ4n) is 3.42. The van der Waals surface area contributed by atoms with E-state index in [1.807, 2.05) is 6.92 Å². The van der Waals surface area contributed by atoms with E-state index < -0.39 is 11.9 Å². The van der Waals surface area contributed by atoms with Gasteiger partial charge in [0.15, 0.2) is 17.4 Å². The van der Waals surface area contributed by atoms with Crippen LogP contribution in [0.2, 0.25) is 0 Å². The third-order valence-corrected chi connectivity index (χ3v) is 6.25. The fraction of sp³-hybridized carbons (Fsp3) is 0.350. The average molecular weight is 429 g/mol. The molecule has 9 nitrogen and oxygen atoms in total. The molecule has 0 radical (unpaired) electrons. The van der Waals surface area contributed by atoms with Gasteiger partial charge in [-0.15, -0.1) is 16.8 Å². The summed E-state index contributed by atoms with van der Waals surface area (Å²) in [7, 11) is 3.03. The van der Waals surface area contributed by atoms with E-state index in [1.165, 1.54) is 23.4 Å². The third kappa shape index (κ3) is 3.58. The Hall–Kier alpha value is -3.14. The molecule has 1 aromatic carbocycles. The molecule has 1 N–H and O–H groups in total. The number of ether oxygens (including phenoxy) is 2. The summed E-state index contributed by atoms with van der Waals surface area (Å²) in [5, 5.41) is 2.84. The van der Waals surface area contributed by atoms with E-state index in [9.17, 15) is 14.4 Å². The Morgan fingerprint density at radius 2 is 2.03 bits per heavy atom. The first-order chi connectivity index (χ1) is 14.4. The average Bonchev–Trinajstić information content (AvgIpc) is 2.75. The Kier molecular flexibility index (Phi) is 5.33. The zero-order valence-corrected chi connectivity index (χ0v) is 17.6. The van der Waals surface area contributed by atoms with Gasteiger partial charge in [0.05, 0.1) is 19.8 Å². The predicted molar refractivity (Wildman–Crippen MR) is 113 cm³/mol. The molecule has 3 aliphatic rings. The number of carbonyl (C=O) groups excluding carboxylic acids is 3. The molecule has 1 atom stereocenters. The van der Waals surface area contributed by atoms with Gasteiger partial charge in [-0.05, 0) is 24.6 Å². The van der Waals surface area contributed by atoms with E-state index in [0.717, 1.165) is 10.5 Å². The van der Waals surface area contributed by atoms with Crippen molar-refractivity contribution in [1.29, 1.82) is 0 Å². The molecule has 0 spiro atoms. The number of rotatable bonds is 4. The van der Waals surface area contributed by atoms with E-state index in [0.29, 0.717) is 41.1 Å². The number of nitrogens with one attached hydrogen (secondary N) is 1. The van der Waals surface area contributed by atoms with Crippen molar-refractivity contribution in [2.45, 2.75) is 6.92 Å². The molecule has 3 aliphatic heterocycles. The molecule has 0 saturated heterocycles. The highest BCUT2D eigenvalue weighted by atomic mass is 32.2. The van der Waals surface area contributed by atoms with Crippen LogP contribution in [0, 0.1) is 5.92 Å². The zero-order valence-electron chi connectivity index (χ0n) is 16.8. The standard InChI is InChI=1S/C20H20N4O5S/c1-11-9-21-18-16(19(26)24(3)20(27)23(18)2)17(11)30-10-15(25)22-12-4-5-13-14(8-12)29-7-6-28-13/h4-5,8-9,16H,6-7,10H2,1-3H3/p+1. The molecule has 1 unspecified atom stereocenters. The third-order valence-electron chi connectivity index (χ3n) is 4.98. The lowest BCUT2D eigenvalue weighted by Crippen LogP contribution is -2.52. The maximum atomic E-state index is 12.8. The number of carbonyl (C=O) groups is 3. The summed E-state index contributed by atoms with van der Waals surface area (Å²) >= 11 is 1.27. The lowest BCUT2D eigenvalue weighted by Gasteiger charge is -2.27. The number of aliphatic imine (C=N–C) groups is 1. The summed E-state index contributed by atoms with van der Waals surface area (Å²) < 4.78 is 12.4. The summed E-state index contributed by atoms with van der Waals surface area (Å²) in [6.07, 6.45) is 1.62. The molecule has 0 aliphatic carbocycles. The molecule has 156 valence electrons. The molecule has 1 aromatic rings. The Balaban J connectivity index is 1.47. The Morgan fingerprint density at radius 3 is 2.80 bits per heavy atom. The van der Waals surface area contributed by atoms with Crippen molar-refractivity contribution < 1.29 is 28.4 Å². The molecule has 0 aromatic heterocycles. The van der Waals surface area contributed by atoms with E-state index >= 15 is 0 Å². The van der Waals surface area contributed by atoms with Gasteiger partial charge in [-0.25, -0.2) is 4.79 Å². The van der Waals surface area contributed by atoms with Crippen LogP contribution in [0.5, 0.6) is 11.5 Å². The maximum Gasteiger partial charge on any atom is 0.445 e. The van der Waals surface area contributed by atoms with Crippen LogP contribution in [0.25, 0.3) is 0 Å². The molecule has 4 rings (SSSR count). The van der Waals surface area contributed by atoms with Gasteiger partial charge < -0.3 is 14.8 Å². The smallest absolute Gasteiger partial charge is 0.445 e. The molecular weight excluding hydrogens is 408 g/mol. The van der Waals surface area contributed by atoms with Crippen LogP contribution >= 0.6 is 11.8 Å². The highest BCUT2D eigenvalue weighted by molar-refractivity contribution is 8.03. The molecule has 0 saturated carbocycles. The van der Waals surface area contributed by atoms with E-state index in [4.69, 9.17) is 9.47 Å². The van der Waals surface area contributed by atoms with Crippen molar-refractivity contribution in [3.63, 3.8) is 0 Å². The van der Waals surface area contributed by atoms with E-state index in [2.05, 4.69) is 10.3 Å². The predicted octanol–water partition coefficient (Wildman–Crippen LogP) is 1.74. The first kappa shape index (κ1) is 20.1. The number of anilines is 1. The normalized spacial score (nSPS) is 20.5. The number of amides is 4. The number of hydrogen-bond acceptors (Lipinski definition) is 7.